The van der Waals surface area contributed by atoms with Crippen molar-refractivity contribution >= 4 is 11.6 Å². The summed E-state index contributed by atoms with van der Waals surface area (Å²) in [7, 11) is 0. The lowest BCUT2D eigenvalue weighted by Gasteiger charge is -2.38. The van der Waals surface area contributed by atoms with Crippen molar-refractivity contribution in [2.24, 2.45) is 0 Å². The van der Waals surface area contributed by atoms with Crippen molar-refractivity contribution in [2.75, 3.05) is 31.1 Å². The first-order valence-electron chi connectivity index (χ1n) is 8.46. The van der Waals surface area contributed by atoms with Crippen molar-refractivity contribution in [2.45, 2.75) is 38.8 Å². The fourth-order valence-electron chi connectivity index (χ4n) is 3.69. The van der Waals surface area contributed by atoms with E-state index in [0.29, 0.717) is 11.6 Å². The Morgan fingerprint density at radius 2 is 2.30 bits per heavy atom. The third kappa shape index (κ3) is 3.10. The average Bonchev–Trinajstić information content (AvgIpc) is 2.98. The largest absolute Gasteiger partial charge is 0.312 e. The van der Waals surface area contributed by atoms with E-state index in [1.165, 1.54) is 5.56 Å². The summed E-state index contributed by atoms with van der Waals surface area (Å²) in [4.78, 5) is 17.3. The molecule has 23 heavy (non-hydrogen) atoms. The molecule has 0 aromatic heterocycles. The predicted molar refractivity (Wildman–Crippen MR) is 90.3 cm³/mol. The van der Waals surface area contributed by atoms with E-state index in [-0.39, 0.29) is 11.9 Å². The zero-order valence-corrected chi connectivity index (χ0v) is 13.9. The molecule has 2 atom stereocenters. The topological polar surface area (TPSA) is 59.4 Å². The molecule has 2 aliphatic heterocycles. The first kappa shape index (κ1) is 16.0. The smallest absolute Gasteiger partial charge is 0.244 e. The van der Waals surface area contributed by atoms with Crippen molar-refractivity contribution in [3.8, 4) is 6.07 Å². The van der Waals surface area contributed by atoms with E-state index in [9.17, 15) is 4.79 Å². The van der Waals surface area contributed by atoms with Gasteiger partial charge in [-0.3, -0.25) is 9.69 Å². The first-order valence-corrected chi connectivity index (χ1v) is 8.46. The Balaban J connectivity index is 1.82. The maximum Gasteiger partial charge on any atom is 0.244 e. The normalized spacial score (nSPS) is 22.5. The molecular formula is C18H24N4O. The number of nitrogens with one attached hydrogen (secondary N) is 1. The molecule has 5 heteroatoms. The number of nitriles is 1. The van der Waals surface area contributed by atoms with E-state index in [1.807, 2.05) is 23.1 Å². The molecule has 1 amide bonds. The molecule has 1 aromatic carbocycles. The van der Waals surface area contributed by atoms with Crippen molar-refractivity contribution in [1.82, 2.24) is 10.2 Å². The molecule has 0 saturated carbocycles. The highest BCUT2D eigenvalue weighted by Gasteiger charge is 2.34. The minimum absolute atomic E-state index is 0.0729. The van der Waals surface area contributed by atoms with Crippen LogP contribution in [0.2, 0.25) is 0 Å². The van der Waals surface area contributed by atoms with E-state index in [0.717, 1.165) is 44.7 Å². The molecule has 0 bridgehead atoms. The number of hydrogen-bond donors (Lipinski definition) is 1. The summed E-state index contributed by atoms with van der Waals surface area (Å²) in [6.45, 7) is 7.71. The quantitative estimate of drug-likeness (QED) is 0.919. The Kier molecular flexibility index (Phi) is 4.65. The van der Waals surface area contributed by atoms with Crippen LogP contribution >= 0.6 is 0 Å². The van der Waals surface area contributed by atoms with Gasteiger partial charge in [-0.15, -0.1) is 0 Å². The molecule has 5 nitrogen and oxygen atoms in total. The van der Waals surface area contributed by atoms with Crippen LogP contribution in [0, 0.1) is 11.3 Å². The highest BCUT2D eigenvalue weighted by atomic mass is 16.2. The number of nitrogens with zero attached hydrogens (tertiary/aromatic N) is 3. The molecule has 0 spiro atoms. The molecule has 0 unspecified atom stereocenters. The maximum atomic E-state index is 13.1. The van der Waals surface area contributed by atoms with Gasteiger partial charge in [0.25, 0.3) is 0 Å². The Morgan fingerprint density at radius 3 is 3.00 bits per heavy atom. The first-order chi connectivity index (χ1) is 11.1. The highest BCUT2D eigenvalue weighted by molar-refractivity contribution is 5.99. The van der Waals surface area contributed by atoms with Gasteiger partial charge in [0.2, 0.25) is 5.91 Å². The number of piperazine rings is 1. The van der Waals surface area contributed by atoms with Crippen molar-refractivity contribution in [1.29, 1.82) is 5.26 Å². The molecule has 0 radical (unpaired) electrons. The third-order valence-corrected chi connectivity index (χ3v) is 4.89. The number of anilines is 1. The molecule has 122 valence electrons. The van der Waals surface area contributed by atoms with Crippen LogP contribution in [0.25, 0.3) is 0 Å². The minimum Gasteiger partial charge on any atom is -0.312 e. The Morgan fingerprint density at radius 1 is 1.48 bits per heavy atom. The van der Waals surface area contributed by atoms with Crippen LogP contribution in [0.15, 0.2) is 18.2 Å². The van der Waals surface area contributed by atoms with Crippen LogP contribution in [0.5, 0.6) is 0 Å². The molecule has 2 heterocycles. The van der Waals surface area contributed by atoms with Crippen LogP contribution in [0.4, 0.5) is 5.69 Å². The SMILES string of the molecule is CC[C@@H](C(=O)N1CCc2ccc(C#N)cc21)N1CCN[C@H](C)C1. The zero-order chi connectivity index (χ0) is 16.4. The molecule has 1 saturated heterocycles. The summed E-state index contributed by atoms with van der Waals surface area (Å²) in [5.41, 5.74) is 2.71. The number of benzene rings is 1. The molecule has 1 N–H and O–H groups in total. The van der Waals surface area contributed by atoms with E-state index >= 15 is 0 Å². The number of rotatable bonds is 3. The average molecular weight is 312 g/mol. The van der Waals surface area contributed by atoms with Gasteiger partial charge >= 0.3 is 0 Å². The fraction of sp³-hybridized carbons (Fsp3) is 0.556. The Bertz CT molecular complexity index is 636. The third-order valence-electron chi connectivity index (χ3n) is 4.89. The lowest BCUT2D eigenvalue weighted by atomic mass is 10.1. The van der Waals surface area contributed by atoms with Gasteiger partial charge in [0.1, 0.15) is 0 Å². The number of fused-ring (bicyclic) bond motifs is 1. The minimum atomic E-state index is -0.0729. The van der Waals surface area contributed by atoms with Crippen LogP contribution in [0.3, 0.4) is 0 Å². The molecule has 1 aromatic rings. The van der Waals surface area contributed by atoms with E-state index in [1.54, 1.807) is 0 Å². The van der Waals surface area contributed by atoms with Crippen molar-refractivity contribution < 1.29 is 4.79 Å². The van der Waals surface area contributed by atoms with Crippen LogP contribution < -0.4 is 10.2 Å². The monoisotopic (exact) mass is 312 g/mol. The lowest BCUT2D eigenvalue weighted by Crippen LogP contribution is -2.57. The second-order valence-corrected chi connectivity index (χ2v) is 6.47. The summed E-state index contributed by atoms with van der Waals surface area (Å²) in [5.74, 6) is 0.176. The van der Waals surface area contributed by atoms with Crippen LogP contribution in [-0.2, 0) is 11.2 Å². The number of carbonyl (C=O) groups excluding carboxylic acids is 1. The molecule has 1 fully saturated rings. The summed E-state index contributed by atoms with van der Waals surface area (Å²) in [6.07, 6.45) is 1.69. The molecule has 0 aliphatic carbocycles. The van der Waals surface area contributed by atoms with Crippen molar-refractivity contribution in [3.63, 3.8) is 0 Å². The van der Waals surface area contributed by atoms with Gasteiger partial charge < -0.3 is 10.2 Å². The summed E-state index contributed by atoms with van der Waals surface area (Å²) in [6, 6.07) is 8.19. The maximum absolute atomic E-state index is 13.1. The highest BCUT2D eigenvalue weighted by Crippen LogP contribution is 2.30. The zero-order valence-electron chi connectivity index (χ0n) is 13.9. The van der Waals surface area contributed by atoms with E-state index in [4.69, 9.17) is 5.26 Å². The Hall–Kier alpha value is -1.90. The lowest BCUT2D eigenvalue weighted by molar-refractivity contribution is -0.124. The molecular weight excluding hydrogens is 288 g/mol. The number of hydrogen-bond acceptors (Lipinski definition) is 4. The standard InChI is InChI=1S/C18H24N4O/c1-3-16(21-9-7-20-13(2)12-21)18(23)22-8-6-15-5-4-14(11-19)10-17(15)22/h4-5,10,13,16,20H,3,6-9,12H2,1-2H3/t13-,16+/m1/s1. The van der Waals surface area contributed by atoms with E-state index in [2.05, 4.69) is 30.1 Å². The van der Waals surface area contributed by atoms with Gasteiger partial charge in [-0.1, -0.05) is 13.0 Å². The fourth-order valence-corrected chi connectivity index (χ4v) is 3.69. The predicted octanol–water partition coefficient (Wildman–Crippen LogP) is 1.52. The summed E-state index contributed by atoms with van der Waals surface area (Å²) in [5, 5.41) is 12.5. The van der Waals surface area contributed by atoms with Gasteiger partial charge in [0, 0.05) is 37.9 Å². The van der Waals surface area contributed by atoms with Crippen molar-refractivity contribution in [3.05, 3.63) is 29.3 Å². The van der Waals surface area contributed by atoms with Crippen LogP contribution in [0.1, 0.15) is 31.4 Å². The summed E-state index contributed by atoms with van der Waals surface area (Å²) >= 11 is 0. The summed E-state index contributed by atoms with van der Waals surface area (Å²) < 4.78 is 0. The Labute approximate surface area is 137 Å². The van der Waals surface area contributed by atoms with Crippen LogP contribution in [-0.4, -0.2) is 49.1 Å². The van der Waals surface area contributed by atoms with Gasteiger partial charge in [0.15, 0.2) is 0 Å². The van der Waals surface area contributed by atoms with Gasteiger partial charge in [-0.05, 0) is 37.5 Å². The van der Waals surface area contributed by atoms with Gasteiger partial charge in [-0.25, -0.2) is 0 Å². The molecule has 3 rings (SSSR count). The number of carbonyl (C=O) groups is 1. The molecule has 2 aliphatic rings. The second kappa shape index (κ2) is 6.69. The van der Waals surface area contributed by atoms with Gasteiger partial charge in [-0.2, -0.15) is 5.26 Å². The van der Waals surface area contributed by atoms with E-state index < -0.39 is 0 Å². The van der Waals surface area contributed by atoms with Gasteiger partial charge in [0.05, 0.1) is 17.7 Å². The second-order valence-electron chi connectivity index (χ2n) is 6.47. The number of amides is 1.